The molecule has 3 aliphatic rings. The number of carbonyl (C=O) groups is 1. The number of aryl methyl sites for hydroxylation is 1. The van der Waals surface area contributed by atoms with E-state index in [4.69, 9.17) is 31.6 Å². The van der Waals surface area contributed by atoms with Gasteiger partial charge in [0.05, 0.1) is 6.54 Å². The second-order valence-corrected chi connectivity index (χ2v) is 11.9. The summed E-state index contributed by atoms with van der Waals surface area (Å²) >= 11 is 6.84. The molecule has 3 N–H and O–H groups in total. The third-order valence-electron chi connectivity index (χ3n) is 8.75. The topological polar surface area (TPSA) is 141 Å². The van der Waals surface area contributed by atoms with Crippen LogP contribution in [0.5, 0.6) is 0 Å². The van der Waals surface area contributed by atoms with Gasteiger partial charge in [0.25, 0.3) is 5.56 Å². The summed E-state index contributed by atoms with van der Waals surface area (Å²) < 4.78 is 12.5. The molecule has 12 heteroatoms. The summed E-state index contributed by atoms with van der Waals surface area (Å²) in [5.74, 6) is 1.65. The predicted molar refractivity (Wildman–Crippen MR) is 167 cm³/mol. The van der Waals surface area contributed by atoms with E-state index in [-0.39, 0.29) is 30.1 Å². The molecule has 1 amide bonds. The minimum absolute atomic E-state index is 0.0243. The number of fused-ring (bicyclic) bond motifs is 1. The van der Waals surface area contributed by atoms with Crippen LogP contribution in [0.15, 0.2) is 50.0 Å². The van der Waals surface area contributed by atoms with E-state index in [1.165, 1.54) is 5.57 Å². The normalized spacial score (nSPS) is 18.0. The molecule has 5 heterocycles. The van der Waals surface area contributed by atoms with E-state index in [2.05, 4.69) is 28.5 Å². The first-order valence-corrected chi connectivity index (χ1v) is 15.7. The van der Waals surface area contributed by atoms with Gasteiger partial charge in [0, 0.05) is 72.2 Å². The van der Waals surface area contributed by atoms with Crippen LogP contribution in [-0.2, 0) is 9.53 Å². The number of ether oxygens (including phenoxy) is 1. The van der Waals surface area contributed by atoms with Crippen molar-refractivity contribution in [3.05, 3.63) is 67.6 Å². The van der Waals surface area contributed by atoms with E-state index < -0.39 is 0 Å². The van der Waals surface area contributed by atoms with Crippen LogP contribution in [0.1, 0.15) is 57.4 Å². The van der Waals surface area contributed by atoms with Gasteiger partial charge in [-0.25, -0.2) is 4.99 Å². The van der Waals surface area contributed by atoms with Crippen LogP contribution in [0.25, 0.3) is 28.6 Å². The van der Waals surface area contributed by atoms with E-state index in [1.807, 2.05) is 22.8 Å². The Labute approximate surface area is 260 Å². The number of allylic oxidation sites excluding steroid dienone is 1. The van der Waals surface area contributed by atoms with Gasteiger partial charge >= 0.3 is 0 Å². The number of halogens is 1. The van der Waals surface area contributed by atoms with Gasteiger partial charge in [-0.05, 0) is 56.2 Å². The Morgan fingerprint density at radius 1 is 1.14 bits per heavy atom. The molecule has 0 atom stereocenters. The van der Waals surface area contributed by atoms with Crippen molar-refractivity contribution in [2.45, 2.75) is 64.5 Å². The molecule has 11 nitrogen and oxygen atoms in total. The smallest absolute Gasteiger partial charge is 0.260 e. The molecule has 0 spiro atoms. The van der Waals surface area contributed by atoms with Gasteiger partial charge in [0.15, 0.2) is 0 Å². The second kappa shape index (κ2) is 13.1. The number of nitrogens with one attached hydrogen (secondary N) is 1. The molecule has 0 saturated carbocycles. The molecule has 6 rings (SSSR count). The highest BCUT2D eigenvalue weighted by Crippen LogP contribution is 2.30. The molecule has 3 aliphatic heterocycles. The summed E-state index contributed by atoms with van der Waals surface area (Å²) in [5.41, 5.74) is 9.11. The summed E-state index contributed by atoms with van der Waals surface area (Å²) in [6, 6.07) is 7.46. The van der Waals surface area contributed by atoms with Crippen molar-refractivity contribution in [3.8, 4) is 22.5 Å². The third kappa shape index (κ3) is 6.09. The minimum atomic E-state index is -0.167. The van der Waals surface area contributed by atoms with Crippen LogP contribution >= 0.6 is 11.6 Å². The zero-order valence-electron chi connectivity index (χ0n) is 25.1. The lowest BCUT2D eigenvalue weighted by Crippen LogP contribution is -2.50. The SMILES string of the molecule is CCC1=C(NC2CCOCC2)N=c2c(cc(-c3ccc(-c4noc(C)n4)cc3Cl)c(=O)n2C2CCN(C(=O)CN)CC2)=CC1. The molecular formula is C32H38ClN7O4. The Morgan fingerprint density at radius 2 is 1.91 bits per heavy atom. The number of hydrogen-bond donors (Lipinski definition) is 2. The van der Waals surface area contributed by atoms with Crippen molar-refractivity contribution in [1.82, 2.24) is 24.9 Å². The summed E-state index contributed by atoms with van der Waals surface area (Å²) in [5, 5.41) is 8.98. The fourth-order valence-corrected chi connectivity index (χ4v) is 6.52. The molecular weight excluding hydrogens is 582 g/mol. The number of pyridine rings is 1. The average Bonchev–Trinajstić information content (AvgIpc) is 3.40. The van der Waals surface area contributed by atoms with Crippen molar-refractivity contribution >= 4 is 23.6 Å². The molecule has 0 bridgehead atoms. The Hall–Kier alpha value is -3.80. The van der Waals surface area contributed by atoms with Gasteiger partial charge in [0.1, 0.15) is 11.3 Å². The molecule has 2 fully saturated rings. The quantitative estimate of drug-likeness (QED) is 0.411. The Bertz CT molecular complexity index is 1770. The van der Waals surface area contributed by atoms with E-state index >= 15 is 0 Å². The van der Waals surface area contributed by atoms with Gasteiger partial charge < -0.3 is 25.2 Å². The molecule has 2 saturated heterocycles. The maximum atomic E-state index is 14.5. The van der Waals surface area contributed by atoms with Gasteiger partial charge in [-0.3, -0.25) is 14.2 Å². The largest absolute Gasteiger partial charge is 0.381 e. The van der Waals surface area contributed by atoms with Crippen LogP contribution in [0.4, 0.5) is 0 Å². The van der Waals surface area contributed by atoms with Gasteiger partial charge in [0.2, 0.25) is 17.6 Å². The summed E-state index contributed by atoms with van der Waals surface area (Å²) in [6.45, 7) is 6.33. The fraction of sp³-hybridized carbons (Fsp3) is 0.469. The maximum absolute atomic E-state index is 14.5. The van der Waals surface area contributed by atoms with Crippen LogP contribution < -0.4 is 27.3 Å². The number of amides is 1. The highest BCUT2D eigenvalue weighted by atomic mass is 35.5. The number of rotatable bonds is 7. The lowest BCUT2D eigenvalue weighted by Gasteiger charge is -2.33. The summed E-state index contributed by atoms with van der Waals surface area (Å²) in [7, 11) is 0. The first-order chi connectivity index (χ1) is 21.4. The molecule has 232 valence electrons. The van der Waals surface area contributed by atoms with Crippen molar-refractivity contribution in [3.63, 3.8) is 0 Å². The van der Waals surface area contributed by atoms with Crippen LogP contribution in [-0.4, -0.2) is 64.4 Å². The third-order valence-corrected chi connectivity index (χ3v) is 9.06. The lowest BCUT2D eigenvalue weighted by molar-refractivity contribution is -0.130. The molecule has 2 aromatic heterocycles. The Morgan fingerprint density at radius 3 is 2.57 bits per heavy atom. The van der Waals surface area contributed by atoms with Crippen LogP contribution in [0.2, 0.25) is 5.02 Å². The Kier molecular flexibility index (Phi) is 8.97. The summed E-state index contributed by atoms with van der Waals surface area (Å²) in [6.07, 6.45) is 6.76. The average molecular weight is 620 g/mol. The number of aromatic nitrogens is 3. The van der Waals surface area contributed by atoms with Crippen LogP contribution in [0, 0.1) is 6.92 Å². The van der Waals surface area contributed by atoms with Crippen molar-refractivity contribution in [1.29, 1.82) is 0 Å². The molecule has 3 aromatic rings. The van der Waals surface area contributed by atoms with Gasteiger partial charge in [-0.2, -0.15) is 4.98 Å². The fourth-order valence-electron chi connectivity index (χ4n) is 6.24. The predicted octanol–water partition coefficient (Wildman–Crippen LogP) is 2.84. The Balaban J connectivity index is 1.48. The molecule has 0 unspecified atom stereocenters. The number of nitrogens with zero attached hydrogens (tertiary/aromatic N) is 5. The monoisotopic (exact) mass is 619 g/mol. The van der Waals surface area contributed by atoms with Gasteiger partial charge in [-0.1, -0.05) is 41.9 Å². The van der Waals surface area contributed by atoms with E-state index in [0.717, 1.165) is 43.5 Å². The van der Waals surface area contributed by atoms with E-state index in [1.54, 1.807) is 17.9 Å². The van der Waals surface area contributed by atoms with Crippen molar-refractivity contribution in [2.75, 3.05) is 32.8 Å². The van der Waals surface area contributed by atoms with Crippen LogP contribution in [0.3, 0.4) is 0 Å². The summed E-state index contributed by atoms with van der Waals surface area (Å²) in [4.78, 5) is 38.1. The zero-order chi connectivity index (χ0) is 30.8. The van der Waals surface area contributed by atoms with E-state index in [9.17, 15) is 9.59 Å². The maximum Gasteiger partial charge on any atom is 0.260 e. The highest BCUT2D eigenvalue weighted by Gasteiger charge is 2.27. The second-order valence-electron chi connectivity index (χ2n) is 11.5. The number of nitrogens with two attached hydrogens (primary N) is 1. The standard InChI is InChI=1S/C32H38ClN7O4/c1-3-20-4-5-22-16-26(25-7-6-21(17-27(25)33)30-35-19(2)44-38-30)32(42)40(24-8-12-39(13-9-24)28(41)18-34)31(22)37-29(20)36-23-10-14-43-15-11-23/h5-7,16-17,23-24,36H,3-4,8-15,18,34H2,1-2H3. The first kappa shape index (κ1) is 30.2. The number of likely N-dealkylation sites (tertiary alicyclic amines) is 1. The highest BCUT2D eigenvalue weighted by molar-refractivity contribution is 6.33. The minimum Gasteiger partial charge on any atom is -0.381 e. The van der Waals surface area contributed by atoms with Crippen molar-refractivity contribution < 1.29 is 14.1 Å². The lowest BCUT2D eigenvalue weighted by atomic mass is 10.0. The molecule has 1 aromatic carbocycles. The molecule has 0 aliphatic carbocycles. The van der Waals surface area contributed by atoms with Gasteiger partial charge in [-0.15, -0.1) is 0 Å². The van der Waals surface area contributed by atoms with Crippen molar-refractivity contribution in [2.24, 2.45) is 10.7 Å². The zero-order valence-corrected chi connectivity index (χ0v) is 25.9. The number of benzene rings is 1. The van der Waals surface area contributed by atoms with E-state index in [0.29, 0.717) is 71.3 Å². The first-order valence-electron chi connectivity index (χ1n) is 15.4. The molecule has 44 heavy (non-hydrogen) atoms. The number of hydrogen-bond acceptors (Lipinski definition) is 9. The molecule has 0 radical (unpaired) electrons. The number of piperidine rings is 1. The number of carbonyl (C=O) groups excluding carboxylic acids is 1.